The van der Waals surface area contributed by atoms with Gasteiger partial charge in [-0.1, -0.05) is 149 Å². The van der Waals surface area contributed by atoms with Crippen LogP contribution in [0.1, 0.15) is 49.9 Å². The second-order valence-electron chi connectivity index (χ2n) is 14.7. The van der Waals surface area contributed by atoms with E-state index in [4.69, 9.17) is 9.47 Å². The Labute approximate surface area is 336 Å². The van der Waals surface area contributed by atoms with Crippen LogP contribution < -0.4 is 21.3 Å². The molecule has 0 bridgehead atoms. The van der Waals surface area contributed by atoms with Gasteiger partial charge < -0.3 is 30.7 Å². The van der Waals surface area contributed by atoms with Crippen molar-refractivity contribution in [1.29, 1.82) is 0 Å². The van der Waals surface area contributed by atoms with Gasteiger partial charge in [0, 0.05) is 12.1 Å². The number of hydrogen-bond donors (Lipinski definition) is 4. The van der Waals surface area contributed by atoms with Crippen molar-refractivity contribution in [2.24, 2.45) is 11.8 Å². The van der Waals surface area contributed by atoms with E-state index < -0.39 is 69.5 Å². The third kappa shape index (κ3) is 15.8. The minimum absolute atomic E-state index is 0.0149. The summed E-state index contributed by atoms with van der Waals surface area (Å²) in [6, 6.07) is 32.8. The second kappa shape index (κ2) is 22.2. The fourth-order valence-corrected chi connectivity index (χ4v) is 7.98. The van der Waals surface area contributed by atoms with Crippen molar-refractivity contribution in [1.82, 2.24) is 21.3 Å². The molecule has 0 saturated carbocycles. The predicted molar refractivity (Wildman–Crippen MR) is 220 cm³/mol. The summed E-state index contributed by atoms with van der Waals surface area (Å²) in [5, 5.41) is 11.1. The number of nitrogens with one attached hydrogen (secondary N) is 4. The van der Waals surface area contributed by atoms with Gasteiger partial charge in [0.1, 0.15) is 25.3 Å². The average molecular weight is 799 g/mol. The molecule has 304 valence electrons. The van der Waals surface area contributed by atoms with Crippen LogP contribution in [0, 0.1) is 11.8 Å². The van der Waals surface area contributed by atoms with E-state index in [1.807, 2.05) is 121 Å². The van der Waals surface area contributed by atoms with Gasteiger partial charge in [0.25, 0.3) is 0 Å². The number of rotatable bonds is 20. The molecule has 13 heteroatoms. The molecule has 4 aromatic rings. The van der Waals surface area contributed by atoms with Crippen LogP contribution in [0.15, 0.2) is 121 Å². The van der Waals surface area contributed by atoms with Crippen molar-refractivity contribution in [3.05, 3.63) is 144 Å². The average Bonchev–Trinajstić information content (AvgIpc) is 3.18. The van der Waals surface area contributed by atoms with Crippen molar-refractivity contribution < 1.29 is 37.1 Å². The first-order valence-electron chi connectivity index (χ1n) is 19.1. The summed E-state index contributed by atoms with van der Waals surface area (Å²) in [7, 11) is -3.98. The normalized spacial score (nSPS) is 13.4. The number of hydrogen-bond acceptors (Lipinski definition) is 8. The monoisotopic (exact) mass is 798 g/mol. The van der Waals surface area contributed by atoms with Gasteiger partial charge in [-0.05, 0) is 46.9 Å². The number of benzene rings is 4. The Bertz CT molecular complexity index is 1830. The molecule has 57 heavy (non-hydrogen) atoms. The maximum absolute atomic E-state index is 14.1. The Balaban J connectivity index is 1.48. The summed E-state index contributed by atoms with van der Waals surface area (Å²) >= 11 is 0. The van der Waals surface area contributed by atoms with Crippen LogP contribution in [-0.2, 0) is 55.0 Å². The molecule has 0 aliphatic carbocycles. The first kappa shape index (κ1) is 44.0. The summed E-state index contributed by atoms with van der Waals surface area (Å²) in [6.07, 6.45) is -1.18. The van der Waals surface area contributed by atoms with E-state index in [2.05, 4.69) is 21.3 Å². The first-order chi connectivity index (χ1) is 27.3. The van der Waals surface area contributed by atoms with Crippen molar-refractivity contribution in [3.8, 4) is 0 Å². The SMILES string of the molecule is CC(C)[C@H](NC(=O)OCc1ccccc1)C(=O)NC(Cc1ccccc1)CS(=O)(=O)CC(Cc1ccccc1)NC(=O)[C@@H](NC(=O)OCc1ccccc1)C(C)C. The van der Waals surface area contributed by atoms with E-state index in [9.17, 15) is 27.6 Å². The van der Waals surface area contributed by atoms with Gasteiger partial charge in [-0.25, -0.2) is 18.0 Å². The largest absolute Gasteiger partial charge is 0.445 e. The number of sulfone groups is 1. The van der Waals surface area contributed by atoms with Crippen molar-refractivity contribution in [3.63, 3.8) is 0 Å². The van der Waals surface area contributed by atoms with Crippen molar-refractivity contribution >= 4 is 33.8 Å². The molecule has 12 nitrogen and oxygen atoms in total. The van der Waals surface area contributed by atoms with Gasteiger partial charge in [0.15, 0.2) is 9.84 Å². The highest BCUT2D eigenvalue weighted by Crippen LogP contribution is 2.13. The summed E-state index contributed by atoms with van der Waals surface area (Å²) in [4.78, 5) is 53.1. The molecule has 4 aromatic carbocycles. The van der Waals surface area contributed by atoms with E-state index in [0.717, 1.165) is 22.3 Å². The number of alkyl carbamates (subject to hydrolysis) is 2. The molecule has 0 fully saturated rings. The molecule has 0 aromatic heterocycles. The highest BCUT2D eigenvalue weighted by atomic mass is 32.2. The summed E-state index contributed by atoms with van der Waals surface area (Å²) in [5.41, 5.74) is 3.16. The van der Waals surface area contributed by atoms with Crippen LogP contribution in [0.5, 0.6) is 0 Å². The maximum atomic E-state index is 14.1. The zero-order valence-electron chi connectivity index (χ0n) is 32.9. The van der Waals surface area contributed by atoms with Gasteiger partial charge in [-0.3, -0.25) is 9.59 Å². The first-order valence-corrected chi connectivity index (χ1v) is 20.9. The number of amides is 4. The molecule has 2 unspecified atom stereocenters. The number of carbonyl (C=O) groups excluding carboxylic acids is 4. The fourth-order valence-electron chi connectivity index (χ4n) is 6.22. The third-order valence-electron chi connectivity index (χ3n) is 9.12. The van der Waals surface area contributed by atoms with Crippen LogP contribution in [-0.4, -0.2) is 68.1 Å². The van der Waals surface area contributed by atoms with Gasteiger partial charge in [0.2, 0.25) is 11.8 Å². The number of carbonyl (C=O) groups is 4. The van der Waals surface area contributed by atoms with Crippen LogP contribution in [0.2, 0.25) is 0 Å². The Hall–Kier alpha value is -5.69. The molecule has 4 amide bonds. The molecule has 0 aliphatic heterocycles. The molecule has 0 heterocycles. The molecule has 0 aliphatic rings. The lowest BCUT2D eigenvalue weighted by atomic mass is 10.0. The molecule has 0 spiro atoms. The van der Waals surface area contributed by atoms with Crippen LogP contribution in [0.3, 0.4) is 0 Å². The van der Waals surface area contributed by atoms with Crippen LogP contribution in [0.25, 0.3) is 0 Å². The lowest BCUT2D eigenvalue weighted by molar-refractivity contribution is -0.125. The highest BCUT2D eigenvalue weighted by Gasteiger charge is 2.32. The van der Waals surface area contributed by atoms with Gasteiger partial charge in [0.05, 0.1) is 11.5 Å². The fraction of sp³-hybridized carbons (Fsp3) is 0.364. The third-order valence-corrected chi connectivity index (χ3v) is 10.9. The predicted octanol–water partition coefficient (Wildman–Crippen LogP) is 5.76. The second-order valence-corrected chi connectivity index (χ2v) is 16.9. The van der Waals surface area contributed by atoms with Crippen molar-refractivity contribution in [2.45, 2.75) is 77.9 Å². The van der Waals surface area contributed by atoms with Crippen LogP contribution in [0.4, 0.5) is 9.59 Å². The minimum Gasteiger partial charge on any atom is -0.445 e. The van der Waals surface area contributed by atoms with E-state index in [1.54, 1.807) is 27.7 Å². The van der Waals surface area contributed by atoms with Gasteiger partial charge in [-0.15, -0.1) is 0 Å². The summed E-state index contributed by atoms with van der Waals surface area (Å²) in [6.45, 7) is 7.10. The lowest BCUT2D eigenvalue weighted by Gasteiger charge is -2.27. The molecule has 4 N–H and O–H groups in total. The Morgan fingerprint density at radius 3 is 1.07 bits per heavy atom. The molecule has 4 rings (SSSR count). The zero-order chi connectivity index (χ0) is 41.2. The van der Waals surface area contributed by atoms with Gasteiger partial charge >= 0.3 is 12.2 Å². The standard InChI is InChI=1S/C44H54N4O8S/c1-31(2)39(47-43(51)55-27-35-21-13-7-14-22-35)41(49)45-37(25-33-17-9-5-10-18-33)29-57(53,54)30-38(26-34-19-11-6-12-20-34)46-42(50)40(32(3)4)48-44(52)56-28-36-23-15-8-16-24-36/h5-24,31-32,37-40H,25-30H2,1-4H3,(H,45,49)(H,46,50)(H,47,51)(H,48,52)/t37?,38?,39-,40-/m0/s1. The molecular weight excluding hydrogens is 745 g/mol. The Morgan fingerprint density at radius 2 is 0.772 bits per heavy atom. The topological polar surface area (TPSA) is 169 Å². The van der Waals surface area contributed by atoms with Crippen molar-refractivity contribution in [2.75, 3.05) is 11.5 Å². The Kier molecular flexibility index (Phi) is 17.1. The lowest BCUT2D eigenvalue weighted by Crippen LogP contribution is -2.55. The van der Waals surface area contributed by atoms with E-state index >= 15 is 0 Å². The molecule has 0 saturated heterocycles. The molecule has 4 atom stereocenters. The molecule has 0 radical (unpaired) electrons. The molecular formula is C44H54N4O8S. The van der Waals surface area contributed by atoms with E-state index in [1.165, 1.54) is 0 Å². The smallest absolute Gasteiger partial charge is 0.408 e. The summed E-state index contributed by atoms with van der Waals surface area (Å²) < 4.78 is 38.9. The number of ether oxygens (including phenoxy) is 2. The Morgan fingerprint density at radius 1 is 0.474 bits per heavy atom. The van der Waals surface area contributed by atoms with Crippen LogP contribution >= 0.6 is 0 Å². The summed E-state index contributed by atoms with van der Waals surface area (Å²) in [5.74, 6) is -2.72. The minimum atomic E-state index is -3.98. The van der Waals surface area contributed by atoms with Gasteiger partial charge in [-0.2, -0.15) is 0 Å². The quantitative estimate of drug-likeness (QED) is 0.0876. The zero-order valence-corrected chi connectivity index (χ0v) is 33.7. The maximum Gasteiger partial charge on any atom is 0.408 e. The van der Waals surface area contributed by atoms with E-state index in [0.29, 0.717) is 0 Å². The van der Waals surface area contributed by atoms with E-state index in [-0.39, 0.29) is 37.9 Å². The highest BCUT2D eigenvalue weighted by molar-refractivity contribution is 7.91.